The first-order valence-corrected chi connectivity index (χ1v) is 10.3. The molecule has 3 nitrogen and oxygen atoms in total. The molecule has 0 fully saturated rings. The van der Waals surface area contributed by atoms with Crippen LogP contribution < -0.4 is 0 Å². The second kappa shape index (κ2) is 12.1. The van der Waals surface area contributed by atoms with E-state index in [2.05, 4.69) is 79.4 Å². The molecule has 0 aromatic heterocycles. The Hall–Kier alpha value is -2.39. The lowest BCUT2D eigenvalue weighted by atomic mass is 9.99. The van der Waals surface area contributed by atoms with Crippen molar-refractivity contribution in [1.29, 1.82) is 0 Å². The predicted octanol–water partition coefficient (Wildman–Crippen LogP) is 5.93. The monoisotopic (exact) mass is 379 g/mol. The molecule has 0 saturated heterocycles. The van der Waals surface area contributed by atoms with Crippen molar-refractivity contribution in [3.63, 3.8) is 0 Å². The van der Waals surface area contributed by atoms with Crippen LogP contribution in [0.15, 0.2) is 72.8 Å². The molecule has 0 saturated carbocycles. The predicted molar refractivity (Wildman–Crippen MR) is 116 cm³/mol. The van der Waals surface area contributed by atoms with E-state index in [1.165, 1.54) is 11.1 Å². The summed E-state index contributed by atoms with van der Waals surface area (Å²) in [5, 5.41) is 0. The fraction of sp³-hybridized carbons (Fsp3) is 0.400. The summed E-state index contributed by atoms with van der Waals surface area (Å²) >= 11 is 0. The Morgan fingerprint density at radius 1 is 1.04 bits per heavy atom. The molecule has 0 radical (unpaired) electrons. The average molecular weight is 380 g/mol. The van der Waals surface area contributed by atoms with E-state index >= 15 is 0 Å². The fourth-order valence-corrected chi connectivity index (χ4v) is 3.56. The molecule has 2 aromatic rings. The first-order valence-electron chi connectivity index (χ1n) is 10.3. The highest BCUT2D eigenvalue weighted by Crippen LogP contribution is 2.28. The van der Waals surface area contributed by atoms with Crippen LogP contribution in [0.2, 0.25) is 0 Å². The van der Waals surface area contributed by atoms with Crippen molar-refractivity contribution >= 4 is 5.97 Å². The number of nitrogens with zero attached hydrogens (tertiary/aromatic N) is 1. The van der Waals surface area contributed by atoms with Crippen molar-refractivity contribution in [2.75, 3.05) is 6.61 Å². The molecule has 3 heteroatoms. The molecule has 0 amide bonds. The second-order valence-corrected chi connectivity index (χ2v) is 7.08. The Morgan fingerprint density at radius 3 is 2.29 bits per heavy atom. The fourth-order valence-electron chi connectivity index (χ4n) is 3.56. The number of hydrogen-bond acceptors (Lipinski definition) is 3. The maximum absolute atomic E-state index is 11.7. The van der Waals surface area contributed by atoms with Gasteiger partial charge in [-0.15, -0.1) is 0 Å². The van der Waals surface area contributed by atoms with Crippen molar-refractivity contribution < 1.29 is 9.53 Å². The van der Waals surface area contributed by atoms with Crippen LogP contribution in [0.3, 0.4) is 0 Å². The van der Waals surface area contributed by atoms with Crippen LogP contribution in [-0.2, 0) is 16.1 Å². The van der Waals surface area contributed by atoms with Crippen molar-refractivity contribution in [1.82, 2.24) is 4.90 Å². The van der Waals surface area contributed by atoms with Crippen LogP contribution in [0.5, 0.6) is 0 Å². The van der Waals surface area contributed by atoms with Crippen LogP contribution in [0.4, 0.5) is 0 Å². The lowest BCUT2D eigenvalue weighted by molar-refractivity contribution is -0.137. The van der Waals surface area contributed by atoms with Gasteiger partial charge in [0.15, 0.2) is 0 Å². The van der Waals surface area contributed by atoms with Gasteiger partial charge in [0.2, 0.25) is 0 Å². The number of ether oxygens (including phenoxy) is 1. The Balaban J connectivity index is 2.23. The number of hydrogen-bond donors (Lipinski definition) is 0. The molecular weight excluding hydrogens is 346 g/mol. The van der Waals surface area contributed by atoms with E-state index in [-0.39, 0.29) is 12.0 Å². The van der Waals surface area contributed by atoms with Gasteiger partial charge in [-0.3, -0.25) is 4.90 Å². The summed E-state index contributed by atoms with van der Waals surface area (Å²) in [4.78, 5) is 14.2. The minimum Gasteiger partial charge on any atom is -0.463 e. The number of esters is 1. The van der Waals surface area contributed by atoms with Crippen molar-refractivity contribution in [2.24, 2.45) is 0 Å². The van der Waals surface area contributed by atoms with Gasteiger partial charge in [-0.2, -0.15) is 0 Å². The SMILES string of the molecule is CCC[C@@H](C/C=C/C(=O)OCC)N(Cc1ccccc1)[C@@H](C)c1ccccc1. The molecule has 150 valence electrons. The summed E-state index contributed by atoms with van der Waals surface area (Å²) in [5.41, 5.74) is 2.62. The summed E-state index contributed by atoms with van der Waals surface area (Å²) in [5.74, 6) is -0.261. The topological polar surface area (TPSA) is 29.5 Å². The van der Waals surface area contributed by atoms with Gasteiger partial charge in [0.25, 0.3) is 0 Å². The normalized spacial score (nSPS) is 13.6. The smallest absolute Gasteiger partial charge is 0.330 e. The first-order chi connectivity index (χ1) is 13.7. The first kappa shape index (κ1) is 21.9. The van der Waals surface area contributed by atoms with E-state index in [9.17, 15) is 4.79 Å². The van der Waals surface area contributed by atoms with Crippen LogP contribution in [-0.4, -0.2) is 23.5 Å². The summed E-state index contributed by atoms with van der Waals surface area (Å²) in [7, 11) is 0. The van der Waals surface area contributed by atoms with E-state index in [1.807, 2.05) is 13.0 Å². The maximum atomic E-state index is 11.7. The highest BCUT2D eigenvalue weighted by atomic mass is 16.5. The Morgan fingerprint density at radius 2 is 1.68 bits per heavy atom. The molecular formula is C25H33NO2. The molecule has 0 heterocycles. The number of rotatable bonds is 11. The third kappa shape index (κ3) is 6.97. The molecule has 0 N–H and O–H groups in total. The molecule has 2 atom stereocenters. The van der Waals surface area contributed by atoms with Gasteiger partial charge >= 0.3 is 5.97 Å². The Bertz CT molecular complexity index is 712. The zero-order valence-corrected chi connectivity index (χ0v) is 17.4. The van der Waals surface area contributed by atoms with E-state index in [0.29, 0.717) is 12.6 Å². The number of benzene rings is 2. The Labute approximate surface area is 170 Å². The third-order valence-corrected chi connectivity index (χ3v) is 5.03. The van der Waals surface area contributed by atoms with Crippen LogP contribution in [0, 0.1) is 0 Å². The molecule has 0 aliphatic heterocycles. The summed E-state index contributed by atoms with van der Waals surface area (Å²) in [6.45, 7) is 7.61. The maximum Gasteiger partial charge on any atom is 0.330 e. The van der Waals surface area contributed by atoms with Gasteiger partial charge in [0, 0.05) is 24.7 Å². The molecule has 0 bridgehead atoms. The largest absolute Gasteiger partial charge is 0.463 e. The van der Waals surface area contributed by atoms with E-state index in [1.54, 1.807) is 6.08 Å². The van der Waals surface area contributed by atoms with Crippen molar-refractivity contribution in [3.8, 4) is 0 Å². The van der Waals surface area contributed by atoms with E-state index in [4.69, 9.17) is 4.74 Å². The van der Waals surface area contributed by atoms with Crippen molar-refractivity contribution in [2.45, 2.75) is 58.7 Å². The molecule has 0 unspecified atom stereocenters. The average Bonchev–Trinajstić information content (AvgIpc) is 2.72. The zero-order valence-electron chi connectivity index (χ0n) is 17.4. The molecule has 2 aromatic carbocycles. The quantitative estimate of drug-likeness (QED) is 0.358. The number of carbonyl (C=O) groups excluding carboxylic acids is 1. The lowest BCUT2D eigenvalue weighted by Gasteiger charge is -2.36. The van der Waals surface area contributed by atoms with Gasteiger partial charge < -0.3 is 4.74 Å². The minimum absolute atomic E-state index is 0.261. The number of carbonyl (C=O) groups is 1. The molecule has 0 aliphatic carbocycles. The molecule has 0 aliphatic rings. The lowest BCUT2D eigenvalue weighted by Crippen LogP contribution is -2.36. The van der Waals surface area contributed by atoms with Gasteiger partial charge in [0.1, 0.15) is 0 Å². The second-order valence-electron chi connectivity index (χ2n) is 7.08. The van der Waals surface area contributed by atoms with Crippen molar-refractivity contribution in [3.05, 3.63) is 83.9 Å². The standard InChI is InChI=1S/C25H33NO2/c1-4-13-24(18-12-19-25(27)28-5-2)26(20-22-14-8-6-9-15-22)21(3)23-16-10-7-11-17-23/h6-12,14-17,19,21,24H,4-5,13,18,20H2,1-3H3/b19-12+/t21-,24-/m0/s1. The van der Waals surface area contributed by atoms with Crippen LogP contribution in [0.1, 0.15) is 57.2 Å². The van der Waals surface area contributed by atoms with E-state index < -0.39 is 0 Å². The van der Waals surface area contributed by atoms with Gasteiger partial charge in [0.05, 0.1) is 6.61 Å². The third-order valence-electron chi connectivity index (χ3n) is 5.03. The molecule has 28 heavy (non-hydrogen) atoms. The van der Waals surface area contributed by atoms with E-state index in [0.717, 1.165) is 25.8 Å². The molecule has 2 rings (SSSR count). The zero-order chi connectivity index (χ0) is 20.2. The highest BCUT2D eigenvalue weighted by molar-refractivity contribution is 5.81. The summed E-state index contributed by atoms with van der Waals surface area (Å²) in [6, 6.07) is 21.9. The van der Waals surface area contributed by atoms with Gasteiger partial charge in [-0.05, 0) is 37.8 Å². The van der Waals surface area contributed by atoms with Gasteiger partial charge in [-0.1, -0.05) is 80.1 Å². The minimum atomic E-state index is -0.261. The van der Waals surface area contributed by atoms with Crippen LogP contribution >= 0.6 is 0 Å². The van der Waals surface area contributed by atoms with Gasteiger partial charge in [-0.25, -0.2) is 4.79 Å². The molecule has 0 spiro atoms. The van der Waals surface area contributed by atoms with Crippen LogP contribution in [0.25, 0.3) is 0 Å². The Kier molecular flexibility index (Phi) is 9.50. The highest BCUT2D eigenvalue weighted by Gasteiger charge is 2.23. The summed E-state index contributed by atoms with van der Waals surface area (Å²) in [6.07, 6.45) is 6.55. The summed E-state index contributed by atoms with van der Waals surface area (Å²) < 4.78 is 5.02.